The van der Waals surface area contributed by atoms with Crippen molar-refractivity contribution in [1.29, 1.82) is 0 Å². The Hall–Kier alpha value is -2.63. The molecule has 0 radical (unpaired) electrons. The molecule has 0 spiro atoms. The fourth-order valence-electron chi connectivity index (χ4n) is 3.93. The van der Waals surface area contributed by atoms with E-state index in [4.69, 9.17) is 13.9 Å². The van der Waals surface area contributed by atoms with E-state index < -0.39 is 17.4 Å². The Morgan fingerprint density at radius 2 is 2.00 bits per heavy atom. The van der Waals surface area contributed by atoms with Crippen molar-refractivity contribution in [2.45, 2.75) is 64.4 Å². The zero-order valence-corrected chi connectivity index (χ0v) is 17.6. The first-order valence-corrected chi connectivity index (χ1v) is 10.7. The van der Waals surface area contributed by atoms with E-state index in [0.29, 0.717) is 36.3 Å². The number of methoxy groups -OCH3 is 1. The van der Waals surface area contributed by atoms with Crippen LogP contribution in [0.15, 0.2) is 39.7 Å². The van der Waals surface area contributed by atoms with Crippen LogP contribution in [0.5, 0.6) is 0 Å². The zero-order valence-electron chi connectivity index (χ0n) is 17.6. The lowest BCUT2D eigenvalue weighted by Crippen LogP contribution is -2.24. The second-order valence-corrected chi connectivity index (χ2v) is 7.85. The molecule has 1 saturated carbocycles. The van der Waals surface area contributed by atoms with E-state index in [9.17, 15) is 14.0 Å². The van der Waals surface area contributed by atoms with Crippen LogP contribution in [0.1, 0.15) is 68.0 Å². The molecule has 1 fully saturated rings. The van der Waals surface area contributed by atoms with Gasteiger partial charge < -0.3 is 13.9 Å². The molecule has 1 aromatic carbocycles. The maximum absolute atomic E-state index is 15.0. The summed E-state index contributed by atoms with van der Waals surface area (Å²) in [6.45, 7) is 2.09. The summed E-state index contributed by atoms with van der Waals surface area (Å²) in [5, 5.41) is 0.245. The first kappa shape index (κ1) is 22.1. The van der Waals surface area contributed by atoms with Crippen LogP contribution >= 0.6 is 0 Å². The summed E-state index contributed by atoms with van der Waals surface area (Å²) in [7, 11) is 1.61. The maximum atomic E-state index is 15.0. The summed E-state index contributed by atoms with van der Waals surface area (Å²) >= 11 is 0. The molecule has 0 N–H and O–H groups in total. The molecule has 5 nitrogen and oxygen atoms in total. The van der Waals surface area contributed by atoms with Gasteiger partial charge in [-0.3, -0.25) is 0 Å². The Bertz CT molecular complexity index is 954. The minimum atomic E-state index is -0.872. The predicted octanol–water partition coefficient (Wildman–Crippen LogP) is 5.54. The largest absolute Gasteiger partial charge is 0.505 e. The highest BCUT2D eigenvalue weighted by molar-refractivity contribution is 5.95. The molecule has 1 aliphatic rings. The third-order valence-electron chi connectivity index (χ3n) is 5.64. The third-order valence-corrected chi connectivity index (χ3v) is 5.64. The standard InChI is InChI=1S/C24H29FO5/c1-3-4-5-6-19-15-17-9-12-20(22(25)21(17)24(27)30-19)23(26)29-18-10-7-16(8-11-18)13-14-28-2/h9,12-16,18H,3-8,10-11H2,1-2H3/b14-13+. The summed E-state index contributed by atoms with van der Waals surface area (Å²) in [5.41, 5.74) is -0.980. The summed E-state index contributed by atoms with van der Waals surface area (Å²) in [4.78, 5) is 24.9. The van der Waals surface area contributed by atoms with E-state index in [1.165, 1.54) is 6.07 Å². The highest BCUT2D eigenvalue weighted by atomic mass is 19.1. The number of fused-ring (bicyclic) bond motifs is 1. The minimum Gasteiger partial charge on any atom is -0.505 e. The number of unbranched alkanes of at least 4 members (excludes halogenated alkanes) is 2. The fourth-order valence-corrected chi connectivity index (χ4v) is 3.93. The van der Waals surface area contributed by atoms with Gasteiger partial charge in [0.05, 0.1) is 18.9 Å². The second kappa shape index (κ2) is 10.4. The molecule has 162 valence electrons. The van der Waals surface area contributed by atoms with Crippen LogP contribution in [0.4, 0.5) is 4.39 Å². The molecule has 1 heterocycles. The lowest BCUT2D eigenvalue weighted by molar-refractivity contribution is 0.0179. The van der Waals surface area contributed by atoms with Crippen molar-refractivity contribution in [3.63, 3.8) is 0 Å². The summed E-state index contributed by atoms with van der Waals surface area (Å²) in [6.07, 6.45) is 10.2. The smallest absolute Gasteiger partial charge is 0.346 e. The van der Waals surface area contributed by atoms with Crippen LogP contribution in [0, 0.1) is 11.7 Å². The number of hydrogen-bond acceptors (Lipinski definition) is 5. The Balaban J connectivity index is 1.71. The van der Waals surface area contributed by atoms with Crippen molar-refractivity contribution in [2.75, 3.05) is 7.11 Å². The molecule has 6 heteroatoms. The van der Waals surface area contributed by atoms with Gasteiger partial charge in [-0.25, -0.2) is 14.0 Å². The van der Waals surface area contributed by atoms with E-state index in [0.717, 1.165) is 32.1 Å². The van der Waals surface area contributed by atoms with Gasteiger partial charge in [0.1, 0.15) is 17.3 Å². The molecule has 3 rings (SSSR count). The van der Waals surface area contributed by atoms with Crippen LogP contribution in [0.2, 0.25) is 0 Å². The maximum Gasteiger partial charge on any atom is 0.346 e. The average Bonchev–Trinajstić information content (AvgIpc) is 2.73. The average molecular weight is 416 g/mol. The molecule has 0 saturated heterocycles. The lowest BCUT2D eigenvalue weighted by atomic mass is 9.87. The number of carbonyl (C=O) groups is 1. The Morgan fingerprint density at radius 1 is 1.23 bits per heavy atom. The van der Waals surface area contributed by atoms with Gasteiger partial charge in [0.25, 0.3) is 0 Å². The number of esters is 1. The first-order chi connectivity index (χ1) is 14.5. The van der Waals surface area contributed by atoms with Crippen LogP contribution in [-0.4, -0.2) is 19.2 Å². The highest BCUT2D eigenvalue weighted by Crippen LogP contribution is 2.28. The van der Waals surface area contributed by atoms with Gasteiger partial charge in [-0.05, 0) is 61.6 Å². The topological polar surface area (TPSA) is 65.7 Å². The number of halogens is 1. The zero-order chi connectivity index (χ0) is 21.5. The number of aryl methyl sites for hydroxylation is 1. The molecular formula is C24H29FO5. The number of allylic oxidation sites excluding steroid dienone is 1. The minimum absolute atomic E-state index is 0.197. The number of hydrogen-bond donors (Lipinski definition) is 0. The monoisotopic (exact) mass is 416 g/mol. The van der Waals surface area contributed by atoms with Crippen LogP contribution in [0.3, 0.4) is 0 Å². The van der Waals surface area contributed by atoms with Crippen molar-refractivity contribution in [3.8, 4) is 0 Å². The molecule has 0 amide bonds. The molecule has 0 bridgehead atoms. The Labute approximate surface area is 175 Å². The Kier molecular flexibility index (Phi) is 7.66. The molecule has 0 unspecified atom stereocenters. The van der Waals surface area contributed by atoms with Gasteiger partial charge >= 0.3 is 11.6 Å². The SMILES string of the molecule is CCCCCc1cc2ccc(C(=O)OC3CCC(/C=C/OC)CC3)c(F)c2c(=O)o1. The van der Waals surface area contributed by atoms with Gasteiger partial charge in [0.15, 0.2) is 5.82 Å². The summed E-state index contributed by atoms with van der Waals surface area (Å²) < 4.78 is 30.7. The predicted molar refractivity (Wildman–Crippen MR) is 113 cm³/mol. The molecular weight excluding hydrogens is 387 g/mol. The van der Waals surface area contributed by atoms with Crippen molar-refractivity contribution in [2.24, 2.45) is 5.92 Å². The lowest BCUT2D eigenvalue weighted by Gasteiger charge is -2.26. The third kappa shape index (κ3) is 5.29. The van der Waals surface area contributed by atoms with Gasteiger partial charge in [0.2, 0.25) is 0 Å². The van der Waals surface area contributed by atoms with Gasteiger partial charge in [-0.2, -0.15) is 0 Å². The normalized spacial score (nSPS) is 19.3. The quantitative estimate of drug-likeness (QED) is 0.321. The summed E-state index contributed by atoms with van der Waals surface area (Å²) in [5.74, 6) is -0.678. The fraction of sp³-hybridized carbons (Fsp3) is 0.500. The second-order valence-electron chi connectivity index (χ2n) is 7.85. The van der Waals surface area contributed by atoms with Gasteiger partial charge in [-0.1, -0.05) is 25.8 Å². The van der Waals surface area contributed by atoms with E-state index in [1.54, 1.807) is 25.5 Å². The molecule has 30 heavy (non-hydrogen) atoms. The van der Waals surface area contributed by atoms with Crippen LogP contribution < -0.4 is 5.63 Å². The molecule has 2 aromatic rings. The van der Waals surface area contributed by atoms with Gasteiger partial charge in [-0.15, -0.1) is 0 Å². The summed E-state index contributed by atoms with van der Waals surface area (Å²) in [6, 6.07) is 4.66. The Morgan fingerprint density at radius 3 is 2.70 bits per heavy atom. The van der Waals surface area contributed by atoms with Gasteiger partial charge in [0, 0.05) is 6.42 Å². The van der Waals surface area contributed by atoms with Crippen LogP contribution in [-0.2, 0) is 15.9 Å². The van der Waals surface area contributed by atoms with Crippen molar-refractivity contribution in [1.82, 2.24) is 0 Å². The van der Waals surface area contributed by atoms with E-state index in [1.807, 2.05) is 6.08 Å². The van der Waals surface area contributed by atoms with Crippen LogP contribution in [0.25, 0.3) is 10.8 Å². The van der Waals surface area contributed by atoms with E-state index >= 15 is 0 Å². The molecule has 0 aliphatic heterocycles. The number of rotatable bonds is 8. The van der Waals surface area contributed by atoms with Crippen molar-refractivity contribution >= 4 is 16.7 Å². The van der Waals surface area contributed by atoms with Crippen molar-refractivity contribution < 1.29 is 23.1 Å². The van der Waals surface area contributed by atoms with E-state index in [2.05, 4.69) is 6.92 Å². The number of benzene rings is 1. The van der Waals surface area contributed by atoms with Crippen molar-refractivity contribution in [3.05, 3.63) is 58.1 Å². The molecule has 1 aromatic heterocycles. The molecule has 1 aliphatic carbocycles. The highest BCUT2D eigenvalue weighted by Gasteiger charge is 2.25. The molecule has 0 atom stereocenters. The number of ether oxygens (including phenoxy) is 2. The number of carbonyl (C=O) groups excluding carboxylic acids is 1. The first-order valence-electron chi connectivity index (χ1n) is 10.7. The van der Waals surface area contributed by atoms with E-state index in [-0.39, 0.29) is 17.1 Å².